The Labute approximate surface area is 731 Å². The highest BCUT2D eigenvalue weighted by molar-refractivity contribution is 7.59. The normalized spacial score (nSPS) is 16.9. The Kier molecular flexibility index (Phi) is 45.7. The molecule has 0 radical (unpaired) electrons. The molecular weight excluding hydrogens is 1720 g/mol. The molecule has 5 N–H and O–H groups in total. The fourth-order valence-corrected chi connectivity index (χ4v) is 19.4. The molecule has 0 aromatic heterocycles. The second kappa shape index (κ2) is 51.8. The fraction of sp³-hybridized carbons (Fsp3) is 0.529. The number of para-hydroxylation sites is 2. The lowest BCUT2D eigenvalue weighted by Crippen LogP contribution is -2.38. The van der Waals surface area contributed by atoms with Gasteiger partial charge in [-0.1, -0.05) is 204 Å². The molecule has 0 amide bonds. The molecule has 674 valence electrons. The predicted molar refractivity (Wildman–Crippen MR) is 481 cm³/mol. The molecule has 6 aromatic carbocycles. The molecule has 2 aliphatic carbocycles. The first-order valence-corrected chi connectivity index (χ1v) is 50.6. The maximum atomic E-state index is 13.2. The van der Waals surface area contributed by atoms with Crippen LogP contribution in [-0.2, 0) is 77.1 Å². The fourth-order valence-electron chi connectivity index (χ4n) is 10.8. The number of rotatable bonds is 36. The van der Waals surface area contributed by atoms with E-state index in [1.807, 2.05) is 63.2 Å². The monoisotopic (exact) mass is 1840 g/mol. The van der Waals surface area contributed by atoms with Gasteiger partial charge in [-0.05, 0) is 196 Å². The van der Waals surface area contributed by atoms with Gasteiger partial charge in [0, 0.05) is 11.1 Å². The third kappa shape index (κ3) is 39.2. The molecule has 0 spiro atoms. The summed E-state index contributed by atoms with van der Waals surface area (Å²) in [4.78, 5) is 60.8. The number of esters is 5. The molecule has 34 heteroatoms. The van der Waals surface area contributed by atoms with Gasteiger partial charge in [0.2, 0.25) is 0 Å². The van der Waals surface area contributed by atoms with E-state index in [0.29, 0.717) is 50.4 Å². The number of carbonyl (C=O) groups is 5. The zero-order chi connectivity index (χ0) is 90.6. The van der Waals surface area contributed by atoms with Crippen molar-refractivity contribution >= 4 is 102 Å². The van der Waals surface area contributed by atoms with Crippen molar-refractivity contribution in [2.75, 3.05) is 6.61 Å². The Morgan fingerprint density at radius 1 is 0.372 bits per heavy atom. The largest absolute Gasteiger partial charge is 0.464 e. The van der Waals surface area contributed by atoms with Gasteiger partial charge in [0.05, 0.1) is 51.1 Å². The summed E-state index contributed by atoms with van der Waals surface area (Å²) < 4.78 is 134. The molecule has 0 saturated heterocycles. The lowest BCUT2D eigenvalue weighted by Gasteiger charge is -2.28. The summed E-state index contributed by atoms with van der Waals surface area (Å²) in [5.74, 6) is -0.539. The second-order valence-electron chi connectivity index (χ2n) is 32.4. The highest BCUT2D eigenvalue weighted by Crippen LogP contribution is 2.53. The molecular formula is C87H128Cl3FN5O20P5. The van der Waals surface area contributed by atoms with Crippen LogP contribution in [0.25, 0.3) is 0 Å². The van der Waals surface area contributed by atoms with Crippen LogP contribution in [0, 0.1) is 11.2 Å². The van der Waals surface area contributed by atoms with Gasteiger partial charge in [-0.25, -0.2) is 29.8 Å². The highest BCUT2D eigenvalue weighted by Gasteiger charge is 2.40. The summed E-state index contributed by atoms with van der Waals surface area (Å²) >= 11 is 17.7. The van der Waals surface area contributed by atoms with E-state index in [1.54, 1.807) is 203 Å². The maximum Gasteiger partial charge on any atom is 0.323 e. The molecule has 2 fully saturated rings. The van der Waals surface area contributed by atoms with Crippen molar-refractivity contribution in [2.24, 2.45) is 5.41 Å². The molecule has 8 rings (SSSR count). The highest BCUT2D eigenvalue weighted by atomic mass is 35.5. The first kappa shape index (κ1) is 107. The van der Waals surface area contributed by atoms with Crippen molar-refractivity contribution in [3.8, 4) is 28.7 Å². The number of ether oxygens (including phenoxy) is 5. The maximum absolute atomic E-state index is 13.2. The average molecular weight is 1840 g/mol. The zero-order valence-electron chi connectivity index (χ0n) is 73.4. The molecule has 0 bridgehead atoms. The van der Waals surface area contributed by atoms with Crippen LogP contribution < -0.4 is 48.1 Å². The summed E-state index contributed by atoms with van der Waals surface area (Å²) in [5, 5.41) is 15.4. The van der Waals surface area contributed by atoms with Gasteiger partial charge in [-0.3, -0.25) is 46.8 Å². The first-order valence-electron chi connectivity index (χ1n) is 41.0. The summed E-state index contributed by atoms with van der Waals surface area (Å²) in [6, 6.07) is 40.1. The lowest BCUT2D eigenvalue weighted by molar-refractivity contribution is -0.153. The zero-order valence-corrected chi connectivity index (χ0v) is 80.2. The van der Waals surface area contributed by atoms with Gasteiger partial charge in [-0.15, -0.1) is 0 Å². The van der Waals surface area contributed by atoms with Crippen molar-refractivity contribution < 1.29 is 97.5 Å². The van der Waals surface area contributed by atoms with E-state index in [9.17, 15) is 51.2 Å². The third-order valence-corrected chi connectivity index (χ3v) is 32.1. The number of nitrogens with one attached hydrogen (secondary N) is 5. The Hall–Kier alpha value is -6.58. The first-order chi connectivity index (χ1) is 56.6. The Bertz CT molecular complexity index is 4280. The number of benzene rings is 6. The van der Waals surface area contributed by atoms with Crippen molar-refractivity contribution in [1.82, 2.24) is 25.4 Å². The van der Waals surface area contributed by atoms with Crippen molar-refractivity contribution in [1.29, 1.82) is 0 Å². The molecule has 2 aliphatic rings. The van der Waals surface area contributed by atoms with Crippen LogP contribution >= 0.6 is 72.4 Å². The van der Waals surface area contributed by atoms with E-state index in [1.165, 1.54) is 43.2 Å². The minimum atomic E-state index is -3.36. The van der Waals surface area contributed by atoms with Crippen molar-refractivity contribution in [2.45, 2.75) is 286 Å². The van der Waals surface area contributed by atoms with Gasteiger partial charge >= 0.3 is 67.4 Å². The molecule has 10 atom stereocenters. The molecule has 2 saturated carbocycles. The molecule has 0 aliphatic heterocycles. The predicted octanol–water partition coefficient (Wildman–Crippen LogP) is 23.4. The lowest BCUT2D eigenvalue weighted by atomic mass is 9.98. The Morgan fingerprint density at radius 2 is 0.669 bits per heavy atom. The summed E-state index contributed by atoms with van der Waals surface area (Å²) in [6.07, 6.45) is 9.92. The standard InChI is InChI=1S/C19H24NO4P.C18H27ClNO4P.C18H27FNO4P.C17H28NO4P.C15H22Cl2NO4P/c1-15(2)25(22,24-18-12-8-5-9-13-18)20-16(3)19(21)23-14-17-10-6-4-7-11-17;2*1-13(2)25(22,24-17-11-9-15(19)10-12-17)20-14(3)18(21)23-16-7-5-4-6-8-16;1-13(2)23(20,22-15-10-8-7-9-11-15)18-14(3)16(19)21-12-17(4,5)6;1-9(2)21-15(19)11(5)18-23(20,10(3)4)22-12-6-7-13(16)14(17)8-12/h4-13,15-16H,14H2,1-3H3,(H,20,22);2*9-14,16H,4-8H2,1-3H3,(H,20,22);7-11,13-14H,12H2,1-6H3,(H,18,20);6-11H,1-5H3,(H,18,20)/t16-,25?;2*14-,25?;14-,23?;11-,23?/m00000/s1. The number of carbonyl (C=O) groups excluding carboxylic acids is 5. The minimum absolute atomic E-state index is 0.0267. The van der Waals surface area contributed by atoms with Crippen LogP contribution in [-0.4, -0.2) is 113 Å². The van der Waals surface area contributed by atoms with E-state index in [2.05, 4.69) is 25.4 Å². The summed E-state index contributed by atoms with van der Waals surface area (Å²) in [6.45, 7) is 35.8. The summed E-state index contributed by atoms with van der Waals surface area (Å²) in [5.41, 5.74) is -0.798. The molecule has 25 nitrogen and oxygen atoms in total. The quantitative estimate of drug-likeness (QED) is 0.0139. The molecule has 6 aromatic rings. The van der Waals surface area contributed by atoms with Gasteiger partial charge < -0.3 is 46.3 Å². The van der Waals surface area contributed by atoms with E-state index < -0.39 is 97.5 Å². The molecule has 121 heavy (non-hydrogen) atoms. The van der Waals surface area contributed by atoms with Crippen LogP contribution in [0.15, 0.2) is 158 Å². The van der Waals surface area contributed by atoms with Gasteiger partial charge in [0.15, 0.2) is 0 Å². The minimum Gasteiger partial charge on any atom is -0.464 e. The Morgan fingerprint density at radius 3 is 1.00 bits per heavy atom. The molecule has 0 heterocycles. The van der Waals surface area contributed by atoms with Crippen LogP contribution in [0.4, 0.5) is 4.39 Å². The van der Waals surface area contributed by atoms with Crippen molar-refractivity contribution in [3.63, 3.8) is 0 Å². The van der Waals surface area contributed by atoms with E-state index >= 15 is 0 Å². The van der Waals surface area contributed by atoms with E-state index in [0.717, 1.165) is 56.9 Å². The van der Waals surface area contributed by atoms with Crippen LogP contribution in [0.1, 0.15) is 208 Å². The van der Waals surface area contributed by atoms with Gasteiger partial charge in [0.1, 0.15) is 83.6 Å². The number of hydrogen-bond donors (Lipinski definition) is 5. The smallest absolute Gasteiger partial charge is 0.323 e. The molecule has 5 unspecified atom stereocenters. The van der Waals surface area contributed by atoms with Gasteiger partial charge in [0.25, 0.3) is 0 Å². The topological polar surface area (TPSA) is 323 Å². The third-order valence-electron chi connectivity index (χ3n) is 18.1. The SMILES string of the molecule is CC(C)OC(=O)[C@H](C)NP(=O)(Oc1ccc(Cl)c(Cl)c1)C(C)C.CC(C)P(=O)(N[C@@H](C)C(=O)OC1CCCCC1)Oc1ccc(Cl)cc1.CC(C)P(=O)(N[C@@H](C)C(=O)OC1CCCCC1)Oc1ccc(F)cc1.CC(C)P(=O)(N[C@@H](C)C(=O)OCC(C)(C)C)Oc1ccccc1.CC(C)P(=O)(N[C@@H](C)C(=O)OCc1ccccc1)Oc1ccccc1. The van der Waals surface area contributed by atoms with E-state index in [4.69, 9.17) is 81.1 Å². The second-order valence-corrected chi connectivity index (χ2v) is 47.0. The van der Waals surface area contributed by atoms with Crippen LogP contribution in [0.3, 0.4) is 0 Å². The van der Waals surface area contributed by atoms with Crippen molar-refractivity contribution in [3.05, 3.63) is 184 Å². The number of hydrogen-bond acceptors (Lipinski definition) is 20. The van der Waals surface area contributed by atoms with Gasteiger partial charge in [-0.2, -0.15) is 0 Å². The number of halogens is 4. The summed E-state index contributed by atoms with van der Waals surface area (Å²) in [7, 11) is -16.5. The van der Waals surface area contributed by atoms with Crippen LogP contribution in [0.2, 0.25) is 15.1 Å². The van der Waals surface area contributed by atoms with E-state index in [-0.39, 0.29) is 64.6 Å². The Balaban J connectivity index is 0.000000318. The van der Waals surface area contributed by atoms with Crippen LogP contribution in [0.5, 0.6) is 28.7 Å². The average Bonchev–Trinajstić information content (AvgIpc) is 0.853.